The highest BCUT2D eigenvalue weighted by Gasteiger charge is 2.18. The summed E-state index contributed by atoms with van der Waals surface area (Å²) >= 11 is 6.18. The average molecular weight is 287 g/mol. The molecule has 0 fully saturated rings. The van der Waals surface area contributed by atoms with E-state index in [4.69, 9.17) is 11.6 Å². The minimum atomic E-state index is -0.378. The minimum Gasteiger partial charge on any atom is -0.305 e. The zero-order chi connectivity index (χ0) is 14.1. The standard InChI is InChI=1S/C14H11ClN4O/c1-9-5-6-16-11(8-9)17-14(20)13-12(15)10-4-2-3-7-19(10)18-13/h2-8H,1H3,(H,16,17,20). The van der Waals surface area contributed by atoms with Crippen molar-refractivity contribution in [2.75, 3.05) is 5.32 Å². The third kappa shape index (κ3) is 2.23. The molecule has 6 heteroatoms. The second-order valence-corrected chi connectivity index (χ2v) is 4.74. The highest BCUT2D eigenvalue weighted by Crippen LogP contribution is 2.22. The Bertz CT molecular complexity index is 797. The first kappa shape index (κ1) is 12.6. The van der Waals surface area contributed by atoms with E-state index < -0.39 is 0 Å². The van der Waals surface area contributed by atoms with E-state index in [2.05, 4.69) is 15.4 Å². The van der Waals surface area contributed by atoms with E-state index in [9.17, 15) is 4.79 Å². The third-order valence-electron chi connectivity index (χ3n) is 2.85. The molecule has 1 amide bonds. The van der Waals surface area contributed by atoms with Crippen LogP contribution in [0.1, 0.15) is 16.1 Å². The van der Waals surface area contributed by atoms with Gasteiger partial charge in [-0.25, -0.2) is 9.50 Å². The molecule has 0 unspecified atom stereocenters. The normalized spacial score (nSPS) is 10.7. The van der Waals surface area contributed by atoms with E-state index in [0.717, 1.165) is 5.56 Å². The fourth-order valence-electron chi connectivity index (χ4n) is 1.89. The van der Waals surface area contributed by atoms with Gasteiger partial charge < -0.3 is 5.32 Å². The summed E-state index contributed by atoms with van der Waals surface area (Å²) in [5.74, 6) is 0.0972. The van der Waals surface area contributed by atoms with Crippen molar-refractivity contribution < 1.29 is 4.79 Å². The molecule has 20 heavy (non-hydrogen) atoms. The summed E-state index contributed by atoms with van der Waals surface area (Å²) in [6, 6.07) is 9.10. The van der Waals surface area contributed by atoms with Gasteiger partial charge in [-0.15, -0.1) is 0 Å². The number of rotatable bonds is 2. The molecule has 0 aliphatic carbocycles. The van der Waals surface area contributed by atoms with Crippen molar-refractivity contribution in [3.05, 3.63) is 59.0 Å². The molecule has 0 bridgehead atoms. The molecule has 1 N–H and O–H groups in total. The first-order chi connectivity index (χ1) is 9.65. The number of aromatic nitrogens is 3. The Hall–Kier alpha value is -2.40. The van der Waals surface area contributed by atoms with Crippen LogP contribution in [0, 0.1) is 6.92 Å². The van der Waals surface area contributed by atoms with Crippen LogP contribution in [-0.4, -0.2) is 20.5 Å². The van der Waals surface area contributed by atoms with E-state index in [0.29, 0.717) is 16.4 Å². The van der Waals surface area contributed by atoms with Crippen LogP contribution in [0.3, 0.4) is 0 Å². The zero-order valence-corrected chi connectivity index (χ0v) is 11.4. The molecule has 0 aliphatic heterocycles. The molecule has 0 saturated heterocycles. The van der Waals surface area contributed by atoms with Crippen molar-refractivity contribution in [3.63, 3.8) is 0 Å². The van der Waals surface area contributed by atoms with Crippen LogP contribution in [0.2, 0.25) is 5.02 Å². The number of halogens is 1. The number of carbonyl (C=O) groups excluding carboxylic acids is 1. The molecule has 3 aromatic heterocycles. The van der Waals surface area contributed by atoms with E-state index in [1.165, 1.54) is 0 Å². The first-order valence-corrected chi connectivity index (χ1v) is 6.40. The number of hydrogen-bond acceptors (Lipinski definition) is 3. The Morgan fingerprint density at radius 3 is 2.95 bits per heavy atom. The van der Waals surface area contributed by atoms with Crippen LogP contribution in [0.5, 0.6) is 0 Å². The Kier molecular flexibility index (Phi) is 3.12. The molecule has 0 saturated carbocycles. The van der Waals surface area contributed by atoms with Crippen LogP contribution in [-0.2, 0) is 0 Å². The van der Waals surface area contributed by atoms with Crippen molar-refractivity contribution in [2.24, 2.45) is 0 Å². The van der Waals surface area contributed by atoms with Gasteiger partial charge in [-0.1, -0.05) is 17.7 Å². The van der Waals surface area contributed by atoms with Gasteiger partial charge in [0.25, 0.3) is 5.91 Å². The van der Waals surface area contributed by atoms with Crippen molar-refractivity contribution >= 4 is 28.8 Å². The van der Waals surface area contributed by atoms with Gasteiger partial charge in [-0.2, -0.15) is 5.10 Å². The van der Waals surface area contributed by atoms with Gasteiger partial charge in [0.2, 0.25) is 0 Å². The summed E-state index contributed by atoms with van der Waals surface area (Å²) in [5.41, 5.74) is 1.88. The molecular formula is C14H11ClN4O. The number of nitrogens with one attached hydrogen (secondary N) is 1. The van der Waals surface area contributed by atoms with Crippen molar-refractivity contribution in [3.8, 4) is 0 Å². The lowest BCUT2D eigenvalue weighted by atomic mass is 10.3. The fourth-order valence-corrected chi connectivity index (χ4v) is 2.17. The fraction of sp³-hybridized carbons (Fsp3) is 0.0714. The molecule has 0 atom stereocenters. The van der Waals surface area contributed by atoms with Gasteiger partial charge in [0.1, 0.15) is 5.82 Å². The molecule has 0 aromatic carbocycles. The van der Waals surface area contributed by atoms with Gasteiger partial charge in [0.15, 0.2) is 5.69 Å². The van der Waals surface area contributed by atoms with Gasteiger partial charge >= 0.3 is 0 Å². The molecule has 100 valence electrons. The number of aryl methyl sites for hydroxylation is 1. The summed E-state index contributed by atoms with van der Waals surface area (Å²) in [7, 11) is 0. The number of carbonyl (C=O) groups is 1. The van der Waals surface area contributed by atoms with E-state index in [1.54, 1.807) is 29.0 Å². The lowest BCUT2D eigenvalue weighted by Crippen LogP contribution is -2.14. The second-order valence-electron chi connectivity index (χ2n) is 4.37. The number of nitrogens with zero attached hydrogens (tertiary/aromatic N) is 3. The lowest BCUT2D eigenvalue weighted by Gasteiger charge is -2.02. The van der Waals surface area contributed by atoms with E-state index in [-0.39, 0.29) is 11.6 Å². The van der Waals surface area contributed by atoms with Crippen LogP contribution in [0.15, 0.2) is 42.7 Å². The van der Waals surface area contributed by atoms with Gasteiger partial charge in [0.05, 0.1) is 10.5 Å². The van der Waals surface area contributed by atoms with Gasteiger partial charge in [-0.3, -0.25) is 4.79 Å². The maximum absolute atomic E-state index is 12.2. The predicted octanol–water partition coefficient (Wildman–Crippen LogP) is 2.94. The molecule has 3 aromatic rings. The highest BCUT2D eigenvalue weighted by molar-refractivity contribution is 6.37. The molecule has 3 rings (SSSR count). The molecule has 3 heterocycles. The van der Waals surface area contributed by atoms with E-state index >= 15 is 0 Å². The van der Waals surface area contributed by atoms with Gasteiger partial charge in [0, 0.05) is 12.4 Å². The van der Waals surface area contributed by atoms with Crippen LogP contribution < -0.4 is 5.32 Å². The maximum atomic E-state index is 12.2. The quantitative estimate of drug-likeness (QED) is 0.788. The van der Waals surface area contributed by atoms with Gasteiger partial charge in [-0.05, 0) is 36.8 Å². The summed E-state index contributed by atoms with van der Waals surface area (Å²) in [5, 5.41) is 7.20. The smallest absolute Gasteiger partial charge is 0.278 e. The predicted molar refractivity (Wildman–Crippen MR) is 77.1 cm³/mol. The molecule has 0 spiro atoms. The minimum absolute atomic E-state index is 0.182. The number of hydrogen-bond donors (Lipinski definition) is 1. The monoisotopic (exact) mass is 286 g/mol. The highest BCUT2D eigenvalue weighted by atomic mass is 35.5. The summed E-state index contributed by atoms with van der Waals surface area (Å²) < 4.78 is 1.57. The third-order valence-corrected chi connectivity index (χ3v) is 3.22. The summed E-state index contributed by atoms with van der Waals surface area (Å²) in [4.78, 5) is 16.3. The summed E-state index contributed by atoms with van der Waals surface area (Å²) in [6.45, 7) is 1.93. The molecular weight excluding hydrogens is 276 g/mol. The Labute approximate surface area is 120 Å². The van der Waals surface area contributed by atoms with Crippen molar-refractivity contribution in [1.29, 1.82) is 0 Å². The molecule has 0 radical (unpaired) electrons. The number of anilines is 1. The van der Waals surface area contributed by atoms with Crippen molar-refractivity contribution in [2.45, 2.75) is 6.92 Å². The summed E-state index contributed by atoms with van der Waals surface area (Å²) in [6.07, 6.45) is 3.37. The van der Waals surface area contributed by atoms with Crippen LogP contribution >= 0.6 is 11.6 Å². The van der Waals surface area contributed by atoms with E-state index in [1.807, 2.05) is 25.1 Å². The lowest BCUT2D eigenvalue weighted by molar-refractivity contribution is 0.102. The first-order valence-electron chi connectivity index (χ1n) is 6.02. The Balaban J connectivity index is 1.95. The average Bonchev–Trinajstić information content (AvgIpc) is 2.77. The van der Waals surface area contributed by atoms with Crippen molar-refractivity contribution in [1.82, 2.24) is 14.6 Å². The second kappa shape index (κ2) is 4.94. The zero-order valence-electron chi connectivity index (χ0n) is 10.7. The maximum Gasteiger partial charge on any atom is 0.278 e. The Morgan fingerprint density at radius 2 is 2.20 bits per heavy atom. The number of amides is 1. The molecule has 0 aliphatic rings. The number of fused-ring (bicyclic) bond motifs is 1. The SMILES string of the molecule is Cc1ccnc(NC(=O)c2nn3ccccc3c2Cl)c1. The van der Waals surface area contributed by atoms with Crippen LogP contribution in [0.25, 0.3) is 5.52 Å². The largest absolute Gasteiger partial charge is 0.305 e. The molecule has 5 nitrogen and oxygen atoms in total. The Morgan fingerprint density at radius 1 is 1.35 bits per heavy atom. The number of pyridine rings is 2. The topological polar surface area (TPSA) is 59.3 Å². The van der Waals surface area contributed by atoms with Crippen LogP contribution in [0.4, 0.5) is 5.82 Å².